The van der Waals surface area contributed by atoms with Crippen LogP contribution in [-0.4, -0.2) is 146 Å². The molecule has 1 aromatic heterocycles. The van der Waals surface area contributed by atoms with E-state index in [1.54, 1.807) is 14.2 Å². The number of nitrogens with one attached hydrogen (secondary N) is 2. The number of aliphatic hydroxyl groups is 1. The zero-order valence-electron chi connectivity index (χ0n) is 56.3. The normalized spacial score (nSPS) is 22.2. The van der Waals surface area contributed by atoms with Crippen molar-refractivity contribution in [3.8, 4) is 17.2 Å². The molecule has 4 aromatic carbocycles. The Balaban J connectivity index is 0.632. The fraction of sp³-hybridized carbons (Fsp3) is 0.597. The maximum absolute atomic E-state index is 13.3. The zero-order valence-corrected chi connectivity index (χ0v) is 57.9. The number of methoxy groups -OCH3 is 2. The van der Waals surface area contributed by atoms with E-state index in [9.17, 15) is 59.0 Å². The molecule has 0 bridgehead atoms. The summed E-state index contributed by atoms with van der Waals surface area (Å²) in [5.41, 5.74) is -3.84. The first kappa shape index (κ1) is 76.4. The van der Waals surface area contributed by atoms with Gasteiger partial charge in [0.05, 0.1) is 39.6 Å². The number of hydrogen-bond donors (Lipinski definition) is 3. The summed E-state index contributed by atoms with van der Waals surface area (Å²) < 4.78 is 161. The van der Waals surface area contributed by atoms with Crippen molar-refractivity contribution in [2.45, 2.75) is 182 Å². The van der Waals surface area contributed by atoms with E-state index in [1.807, 2.05) is 107 Å². The first-order valence-corrected chi connectivity index (χ1v) is 36.0. The monoisotopic (exact) mass is 1420 g/mol. The number of amides is 1. The summed E-state index contributed by atoms with van der Waals surface area (Å²) in [6.45, 7) is 7.45. The van der Waals surface area contributed by atoms with Crippen molar-refractivity contribution < 1.29 is 82.6 Å². The summed E-state index contributed by atoms with van der Waals surface area (Å²) in [5, 5.41) is 14.4. The number of H-pyrrole nitrogens is 1. The van der Waals surface area contributed by atoms with Crippen molar-refractivity contribution in [2.24, 2.45) is 17.3 Å². The molecule has 0 spiro atoms. The molecule has 26 heteroatoms. The maximum atomic E-state index is 13.3. The largest absolute Gasteiger partial charge is 0.497 e. The van der Waals surface area contributed by atoms with Crippen LogP contribution in [-0.2, 0) is 42.2 Å². The third-order valence-corrected chi connectivity index (χ3v) is 23.6. The number of aliphatic hydroxyl groups excluding tert-OH is 1. The van der Waals surface area contributed by atoms with Crippen LogP contribution in [0.4, 0.5) is 39.5 Å². The number of likely N-dealkylation sites (N-methyl/N-ethyl adjacent to an activating group) is 1. The minimum absolute atomic E-state index is 0.0392. The van der Waals surface area contributed by atoms with Crippen LogP contribution < -0.4 is 30.8 Å². The quantitative estimate of drug-likeness (QED) is 0.0154. The number of nitrogens with zero attached hydrogens (tertiary/aromatic N) is 2. The third kappa shape index (κ3) is 17.8. The van der Waals surface area contributed by atoms with Gasteiger partial charge >= 0.3 is 29.8 Å². The molecule has 3 N–H and O–H groups in total. The molecule has 9 rings (SSSR count). The number of benzene rings is 4. The second-order valence-corrected chi connectivity index (χ2v) is 30.2. The number of halogens is 9. The molecule has 2 unspecified atom stereocenters. The van der Waals surface area contributed by atoms with Crippen LogP contribution in [0, 0.1) is 17.3 Å². The van der Waals surface area contributed by atoms with Gasteiger partial charge in [-0.2, -0.15) is 39.5 Å². The number of carbonyl (C=O) groups excluding carboxylic acids is 1. The van der Waals surface area contributed by atoms with Gasteiger partial charge < -0.3 is 48.5 Å². The van der Waals surface area contributed by atoms with Gasteiger partial charge in [-0.15, -0.1) is 0 Å². The molecule has 8 atom stereocenters. The van der Waals surface area contributed by atoms with Crippen LogP contribution in [0.3, 0.4) is 0 Å². The van der Waals surface area contributed by atoms with E-state index in [0.29, 0.717) is 42.9 Å². The highest BCUT2D eigenvalue weighted by Gasteiger charge is 2.85. The van der Waals surface area contributed by atoms with Gasteiger partial charge in [0.25, 0.3) is 5.56 Å². The minimum atomic E-state index is -6.76. The number of alkyl halides is 9. The second kappa shape index (κ2) is 32.9. The topological polar surface area (TPSA) is 172 Å². The molecule has 540 valence electrons. The Kier molecular flexibility index (Phi) is 25.7. The van der Waals surface area contributed by atoms with Gasteiger partial charge in [0.15, 0.2) is 0 Å². The van der Waals surface area contributed by atoms with Crippen molar-refractivity contribution in [1.82, 2.24) is 19.8 Å². The summed E-state index contributed by atoms with van der Waals surface area (Å²) in [6, 6.07) is 31.2. The molecule has 1 saturated heterocycles. The average molecular weight is 1420 g/mol. The predicted molar refractivity (Wildman–Crippen MR) is 358 cm³/mol. The van der Waals surface area contributed by atoms with Gasteiger partial charge in [0.2, 0.25) is 5.91 Å². The minimum Gasteiger partial charge on any atom is -0.497 e. The van der Waals surface area contributed by atoms with Crippen molar-refractivity contribution >= 4 is 27.5 Å². The molecule has 4 aliphatic rings. The summed E-state index contributed by atoms with van der Waals surface area (Å²) in [6.07, 6.45) is -12.7. The van der Waals surface area contributed by atoms with E-state index in [1.165, 1.54) is 21.9 Å². The fourth-order valence-corrected chi connectivity index (χ4v) is 17.4. The van der Waals surface area contributed by atoms with Gasteiger partial charge in [0.1, 0.15) is 41.8 Å². The van der Waals surface area contributed by atoms with Crippen LogP contribution in [0.25, 0.3) is 0 Å². The van der Waals surface area contributed by atoms with Crippen molar-refractivity contribution in [3.05, 3.63) is 157 Å². The molecular formula is C72H91F9N4O11S2. The third-order valence-electron chi connectivity index (χ3n) is 20.1. The van der Waals surface area contributed by atoms with E-state index in [0.717, 1.165) is 105 Å². The van der Waals surface area contributed by atoms with Gasteiger partial charge in [-0.3, -0.25) is 19.1 Å². The van der Waals surface area contributed by atoms with E-state index in [-0.39, 0.29) is 66.1 Å². The van der Waals surface area contributed by atoms with Crippen LogP contribution in [0.2, 0.25) is 0 Å². The lowest BCUT2D eigenvalue weighted by Crippen LogP contribution is -2.67. The summed E-state index contributed by atoms with van der Waals surface area (Å²) >= 11 is 0. The molecule has 0 radical (unpaired) electrons. The fourth-order valence-electron chi connectivity index (χ4n) is 14.7. The highest BCUT2D eigenvalue weighted by molar-refractivity contribution is 8.77. The van der Waals surface area contributed by atoms with Crippen LogP contribution in [0.1, 0.15) is 150 Å². The van der Waals surface area contributed by atoms with Gasteiger partial charge in [0, 0.05) is 54.8 Å². The molecule has 3 fully saturated rings. The number of fused-ring (bicyclic) bond motifs is 5. The van der Waals surface area contributed by atoms with Gasteiger partial charge in [-0.05, 0) is 185 Å². The molecule has 5 aromatic rings. The Morgan fingerprint density at radius 1 is 0.765 bits per heavy atom. The van der Waals surface area contributed by atoms with Crippen LogP contribution >= 0.6 is 21.6 Å². The van der Waals surface area contributed by atoms with Crippen LogP contribution in [0.15, 0.2) is 113 Å². The molecule has 2 saturated carbocycles. The number of aromatic amines is 1. The Bertz CT molecular complexity index is 3420. The molecule has 1 aliphatic heterocycles. The Morgan fingerprint density at radius 3 is 2.06 bits per heavy atom. The summed E-state index contributed by atoms with van der Waals surface area (Å²) in [5.74, 6) is 3.88. The van der Waals surface area contributed by atoms with Crippen LogP contribution in [0.5, 0.6) is 17.2 Å². The SMILES string of the molecule is COc1ccc(C(OC[C@H]2O[C@@H](n3cc(CCC(=O)NCCCCCCSSC(C)(C)CCN(C)CCOc4ccc5c(c4)CCC4C5CC[C@]5(C)[C@@H](OCCCOC(C(F)(F)F)(C(F)(F)F)C(F)(F)F)CC[C@@H]45)c(=O)[nH]c3=O)C[C@@H]2O)(c2ccccc2)c2ccc(OC)cc2)cc1. The molecule has 3 aliphatic carbocycles. The number of aryl methyl sites for hydroxylation is 2. The van der Waals surface area contributed by atoms with Gasteiger partial charge in [-0.25, -0.2) is 4.79 Å². The highest BCUT2D eigenvalue weighted by Crippen LogP contribution is 2.62. The predicted octanol–water partition coefficient (Wildman–Crippen LogP) is 14.5. The molecule has 1 amide bonds. The first-order chi connectivity index (χ1) is 46.5. The average Bonchev–Trinajstić information content (AvgIpc) is 0.996. The number of unbranched alkanes of at least 4 members (excludes halogenated alkanes) is 3. The van der Waals surface area contributed by atoms with Crippen molar-refractivity contribution in [1.29, 1.82) is 0 Å². The smallest absolute Gasteiger partial charge is 0.435 e. The number of rotatable bonds is 34. The number of hydrogen-bond acceptors (Lipinski definition) is 14. The lowest BCUT2D eigenvalue weighted by Gasteiger charge is -2.50. The summed E-state index contributed by atoms with van der Waals surface area (Å²) in [7, 11) is 9.06. The second-order valence-electron chi connectivity index (χ2n) is 27.0. The van der Waals surface area contributed by atoms with E-state index >= 15 is 0 Å². The molecular weight excluding hydrogens is 1330 g/mol. The van der Waals surface area contributed by atoms with E-state index < -0.39 is 72.4 Å². The lowest BCUT2D eigenvalue weighted by atomic mass is 9.55. The van der Waals surface area contributed by atoms with E-state index in [2.05, 4.69) is 59.9 Å². The number of ether oxygens (including phenoxy) is 7. The maximum Gasteiger partial charge on any atom is 0.435 e. The molecule has 98 heavy (non-hydrogen) atoms. The Hall–Kier alpha value is -5.74. The van der Waals surface area contributed by atoms with Gasteiger partial charge in [-0.1, -0.05) is 102 Å². The summed E-state index contributed by atoms with van der Waals surface area (Å²) in [4.78, 5) is 43.9. The van der Waals surface area contributed by atoms with E-state index in [4.69, 9.17) is 28.4 Å². The van der Waals surface area contributed by atoms with Crippen molar-refractivity contribution in [2.75, 3.05) is 73.1 Å². The first-order valence-electron chi connectivity index (χ1n) is 33.7. The lowest BCUT2D eigenvalue weighted by molar-refractivity contribution is -0.457. The standard InChI is InChI=1S/C72H91F9N4O11S2/c1-66(2,35-37-84(4)38-41-92-54-27-29-55-47(43-54)17-28-57-56(55)33-34-67(3)58(57)30-31-61(67)93-39-14-40-94-69(70(73,74)75,71(76,77)78)72(79,80)81)98-97-42-13-8-7-12-36-82-62(87)32-18-48-45-85(65(89)83-64(48)88)63-44-59(86)60(96-63)46-95-68(49-15-10-9-11-16-49,50-19-23-52(90-5)24-20-50)51-21-25-53(91-6)26-22-51/h9-11,15-16,19-27,29,43,45,56-61,63,86H,7-8,12-14,17-18,28,30-42,44,46H2,1-6H3,(H,82,87)(H,83,88,89)/t56?,57?,58-,59-,60+,61-,63+,67-/m0/s1. The number of aromatic nitrogens is 2. The zero-order chi connectivity index (χ0) is 70.7. The Labute approximate surface area is 574 Å². The van der Waals surface area contributed by atoms with Crippen molar-refractivity contribution in [3.63, 3.8) is 0 Å². The molecule has 2 heterocycles. The highest BCUT2D eigenvalue weighted by atomic mass is 33.1. The number of carbonyl (C=O) groups is 1. The molecule has 15 nitrogen and oxygen atoms in total. The Morgan fingerprint density at radius 2 is 1.41 bits per heavy atom.